The first kappa shape index (κ1) is 11.8. The Bertz CT molecular complexity index is 533. The lowest BCUT2D eigenvalue weighted by Crippen LogP contribution is -2.12. The van der Waals surface area contributed by atoms with E-state index in [9.17, 15) is 0 Å². The predicted octanol–water partition coefficient (Wildman–Crippen LogP) is 2.87. The standard InChI is InChI=1S/C12H14BrN5/c13-10-6-11(8-14-7-10)18-12(15-16-17-18)9-4-2-1-3-5-9/h6-9H,1-5H2. The van der Waals surface area contributed by atoms with Gasteiger partial charge < -0.3 is 0 Å². The number of tetrazole rings is 1. The topological polar surface area (TPSA) is 56.5 Å². The molecular weight excluding hydrogens is 294 g/mol. The molecule has 0 bridgehead atoms. The van der Waals surface area contributed by atoms with Crippen LogP contribution in [0.4, 0.5) is 0 Å². The molecule has 0 aromatic carbocycles. The fourth-order valence-electron chi connectivity index (χ4n) is 2.51. The Hall–Kier alpha value is -1.30. The van der Waals surface area contributed by atoms with Crippen molar-refractivity contribution in [2.75, 3.05) is 0 Å². The maximum absolute atomic E-state index is 4.20. The van der Waals surface area contributed by atoms with Crippen molar-refractivity contribution in [3.63, 3.8) is 0 Å². The number of aromatic nitrogens is 5. The zero-order chi connectivity index (χ0) is 12.4. The summed E-state index contributed by atoms with van der Waals surface area (Å²) in [5.74, 6) is 1.45. The van der Waals surface area contributed by atoms with E-state index < -0.39 is 0 Å². The quantitative estimate of drug-likeness (QED) is 0.856. The van der Waals surface area contributed by atoms with E-state index >= 15 is 0 Å². The number of halogens is 1. The molecule has 3 rings (SSSR count). The van der Waals surface area contributed by atoms with Gasteiger partial charge in [0, 0.05) is 16.6 Å². The third-order valence-electron chi connectivity index (χ3n) is 3.40. The van der Waals surface area contributed by atoms with Crippen LogP contribution in [-0.2, 0) is 0 Å². The minimum Gasteiger partial charge on any atom is -0.261 e. The van der Waals surface area contributed by atoms with Gasteiger partial charge in [-0.1, -0.05) is 19.3 Å². The number of nitrogens with zero attached hydrogens (tertiary/aromatic N) is 5. The summed E-state index contributed by atoms with van der Waals surface area (Å²) in [6.07, 6.45) is 9.78. The Morgan fingerprint density at radius 3 is 2.78 bits per heavy atom. The van der Waals surface area contributed by atoms with Gasteiger partial charge in [-0.3, -0.25) is 4.98 Å². The van der Waals surface area contributed by atoms with Crippen molar-refractivity contribution < 1.29 is 0 Å². The van der Waals surface area contributed by atoms with E-state index in [-0.39, 0.29) is 0 Å². The van der Waals surface area contributed by atoms with Crippen molar-refractivity contribution in [1.29, 1.82) is 0 Å². The SMILES string of the molecule is Brc1cncc(-n2nnnc2C2CCCCC2)c1. The third kappa shape index (κ3) is 2.29. The molecule has 1 fully saturated rings. The minimum absolute atomic E-state index is 0.479. The number of hydrogen-bond acceptors (Lipinski definition) is 4. The van der Waals surface area contributed by atoms with E-state index in [0.29, 0.717) is 5.92 Å². The molecule has 0 radical (unpaired) electrons. The van der Waals surface area contributed by atoms with Gasteiger partial charge in [0.15, 0.2) is 5.82 Å². The molecule has 6 heteroatoms. The first-order valence-corrected chi connectivity index (χ1v) is 7.03. The summed E-state index contributed by atoms with van der Waals surface area (Å²) < 4.78 is 2.75. The minimum atomic E-state index is 0.479. The van der Waals surface area contributed by atoms with E-state index in [4.69, 9.17) is 0 Å². The Morgan fingerprint density at radius 2 is 2.00 bits per heavy atom. The maximum atomic E-state index is 4.20. The smallest absolute Gasteiger partial charge is 0.159 e. The largest absolute Gasteiger partial charge is 0.261 e. The molecule has 0 aliphatic heterocycles. The predicted molar refractivity (Wildman–Crippen MR) is 70.5 cm³/mol. The van der Waals surface area contributed by atoms with Gasteiger partial charge in [0.05, 0.1) is 11.9 Å². The molecule has 1 aliphatic carbocycles. The van der Waals surface area contributed by atoms with Gasteiger partial charge in [0.2, 0.25) is 0 Å². The van der Waals surface area contributed by atoms with Gasteiger partial charge in [-0.25, -0.2) is 0 Å². The van der Waals surface area contributed by atoms with E-state index in [2.05, 4.69) is 36.4 Å². The molecule has 0 N–H and O–H groups in total. The lowest BCUT2D eigenvalue weighted by molar-refractivity contribution is 0.422. The van der Waals surface area contributed by atoms with Crippen molar-refractivity contribution >= 4 is 15.9 Å². The summed E-state index contributed by atoms with van der Waals surface area (Å²) in [5, 5.41) is 12.1. The molecule has 0 saturated heterocycles. The maximum Gasteiger partial charge on any atom is 0.159 e. The molecule has 1 saturated carbocycles. The van der Waals surface area contributed by atoms with Gasteiger partial charge in [0.25, 0.3) is 0 Å². The number of hydrogen-bond donors (Lipinski definition) is 0. The van der Waals surface area contributed by atoms with Crippen LogP contribution in [0.1, 0.15) is 43.8 Å². The monoisotopic (exact) mass is 307 g/mol. The lowest BCUT2D eigenvalue weighted by atomic mass is 9.89. The van der Waals surface area contributed by atoms with Crippen molar-refractivity contribution in [2.24, 2.45) is 0 Å². The summed E-state index contributed by atoms with van der Waals surface area (Å²) in [6.45, 7) is 0. The Kier molecular flexibility index (Phi) is 3.36. The molecule has 2 aromatic heterocycles. The highest BCUT2D eigenvalue weighted by Crippen LogP contribution is 2.31. The van der Waals surface area contributed by atoms with E-state index in [0.717, 1.165) is 16.0 Å². The van der Waals surface area contributed by atoms with Crippen LogP contribution in [0.2, 0.25) is 0 Å². The summed E-state index contributed by atoms with van der Waals surface area (Å²) in [7, 11) is 0. The van der Waals surface area contributed by atoms with E-state index in [1.807, 2.05) is 10.7 Å². The van der Waals surface area contributed by atoms with E-state index in [1.54, 1.807) is 12.4 Å². The highest BCUT2D eigenvalue weighted by Gasteiger charge is 2.22. The van der Waals surface area contributed by atoms with Crippen LogP contribution < -0.4 is 0 Å². The summed E-state index contributed by atoms with van der Waals surface area (Å²) in [5.41, 5.74) is 0.912. The molecular formula is C12H14BrN5. The molecule has 0 unspecified atom stereocenters. The van der Waals surface area contributed by atoms with E-state index in [1.165, 1.54) is 32.1 Å². The van der Waals surface area contributed by atoms with Crippen LogP contribution in [0.5, 0.6) is 0 Å². The molecule has 2 heterocycles. The van der Waals surface area contributed by atoms with Crippen molar-refractivity contribution in [2.45, 2.75) is 38.0 Å². The van der Waals surface area contributed by atoms with Crippen LogP contribution in [0.15, 0.2) is 22.9 Å². The van der Waals surface area contributed by atoms with Crippen LogP contribution in [0.3, 0.4) is 0 Å². The lowest BCUT2D eigenvalue weighted by Gasteiger charge is -2.20. The van der Waals surface area contributed by atoms with Crippen LogP contribution >= 0.6 is 15.9 Å². The molecule has 0 spiro atoms. The average Bonchev–Trinajstić information content (AvgIpc) is 2.89. The van der Waals surface area contributed by atoms with Crippen LogP contribution in [0, 0.1) is 0 Å². The molecule has 5 nitrogen and oxygen atoms in total. The van der Waals surface area contributed by atoms with Crippen molar-refractivity contribution in [3.8, 4) is 5.69 Å². The summed E-state index contributed by atoms with van der Waals surface area (Å²) >= 11 is 3.42. The van der Waals surface area contributed by atoms with Gasteiger partial charge in [-0.2, -0.15) is 4.68 Å². The zero-order valence-corrected chi connectivity index (χ0v) is 11.5. The second-order valence-electron chi connectivity index (χ2n) is 4.65. The zero-order valence-electron chi connectivity index (χ0n) is 9.96. The fourth-order valence-corrected chi connectivity index (χ4v) is 2.86. The van der Waals surface area contributed by atoms with Crippen LogP contribution in [0.25, 0.3) is 5.69 Å². The van der Waals surface area contributed by atoms with Gasteiger partial charge in [-0.15, -0.1) is 5.10 Å². The molecule has 2 aromatic rings. The van der Waals surface area contributed by atoms with Gasteiger partial charge in [-0.05, 0) is 45.3 Å². The highest BCUT2D eigenvalue weighted by molar-refractivity contribution is 9.10. The average molecular weight is 308 g/mol. The number of rotatable bonds is 2. The summed E-state index contributed by atoms with van der Waals surface area (Å²) in [4.78, 5) is 4.16. The highest BCUT2D eigenvalue weighted by atomic mass is 79.9. The Labute approximate surface area is 114 Å². The van der Waals surface area contributed by atoms with Gasteiger partial charge in [0.1, 0.15) is 0 Å². The Morgan fingerprint density at radius 1 is 1.17 bits per heavy atom. The molecule has 0 amide bonds. The second kappa shape index (κ2) is 5.14. The summed E-state index contributed by atoms with van der Waals surface area (Å²) in [6, 6.07) is 1.98. The fraction of sp³-hybridized carbons (Fsp3) is 0.500. The normalized spacial score (nSPS) is 16.9. The Balaban J connectivity index is 1.95. The molecule has 18 heavy (non-hydrogen) atoms. The third-order valence-corrected chi connectivity index (χ3v) is 3.83. The molecule has 94 valence electrons. The first-order chi connectivity index (χ1) is 8.84. The van der Waals surface area contributed by atoms with Crippen LogP contribution in [-0.4, -0.2) is 25.2 Å². The van der Waals surface area contributed by atoms with Gasteiger partial charge >= 0.3 is 0 Å². The first-order valence-electron chi connectivity index (χ1n) is 6.24. The van der Waals surface area contributed by atoms with Crippen molar-refractivity contribution in [1.82, 2.24) is 25.2 Å². The molecule has 1 aliphatic rings. The second-order valence-corrected chi connectivity index (χ2v) is 5.56. The molecule has 0 atom stereocenters. The van der Waals surface area contributed by atoms with Crippen molar-refractivity contribution in [3.05, 3.63) is 28.8 Å². The number of pyridine rings is 1.